The topological polar surface area (TPSA) is 111 Å². The number of nitro groups is 2. The molecule has 0 aliphatic carbocycles. The van der Waals surface area contributed by atoms with Crippen LogP contribution in [-0.2, 0) is 5.88 Å². The van der Waals surface area contributed by atoms with Crippen molar-refractivity contribution in [2.45, 2.75) is 26.7 Å². The summed E-state index contributed by atoms with van der Waals surface area (Å²) in [5, 5.41) is 26.0. The molecule has 0 heterocycles. The maximum absolute atomic E-state index is 11.1. The van der Waals surface area contributed by atoms with E-state index in [1.165, 1.54) is 12.1 Å². The van der Waals surface area contributed by atoms with Gasteiger partial charge in [-0.15, -0.1) is 11.6 Å². The second-order valence-corrected chi connectivity index (χ2v) is 6.01. The van der Waals surface area contributed by atoms with Gasteiger partial charge in [0, 0.05) is 17.5 Å². The molecule has 0 aromatic heterocycles. The van der Waals surface area contributed by atoms with Gasteiger partial charge in [0.15, 0.2) is 0 Å². The molecule has 0 bridgehead atoms. The number of anilines is 1. The Balaban J connectivity index is 2.35. The van der Waals surface area contributed by atoms with Crippen LogP contribution in [-0.4, -0.2) is 16.1 Å². The molecule has 0 atom stereocenters. The number of hydrogen-bond acceptors (Lipinski definition) is 6. The summed E-state index contributed by atoms with van der Waals surface area (Å²) in [5.41, 5.74) is 6.83. The summed E-state index contributed by atoms with van der Waals surface area (Å²) in [4.78, 5) is 20.5. The van der Waals surface area contributed by atoms with E-state index >= 15 is 0 Å². The standard InChI is InChI=1S/C17H17ClN4O4/c1-10-6-11(2)15(12(3)14(10)8-18)9-19-20-16-5-4-13(21(23)24)7-17(16)22(25)26/h4-7,9,20H,8H2,1-3H3. The number of nitro benzene ring substituents is 2. The summed E-state index contributed by atoms with van der Waals surface area (Å²) in [6.07, 6.45) is 1.56. The van der Waals surface area contributed by atoms with E-state index in [9.17, 15) is 20.2 Å². The first-order valence-electron chi connectivity index (χ1n) is 7.63. The minimum Gasteiger partial charge on any atom is -0.272 e. The molecule has 0 aliphatic rings. The van der Waals surface area contributed by atoms with Crippen molar-refractivity contribution in [3.8, 4) is 0 Å². The third kappa shape index (κ3) is 3.97. The summed E-state index contributed by atoms with van der Waals surface area (Å²) >= 11 is 6.00. The second kappa shape index (κ2) is 7.92. The highest BCUT2D eigenvalue weighted by molar-refractivity contribution is 6.17. The molecule has 0 saturated heterocycles. The maximum Gasteiger partial charge on any atom is 0.301 e. The Hall–Kier alpha value is -3.00. The van der Waals surface area contributed by atoms with Crippen molar-refractivity contribution < 1.29 is 9.85 Å². The van der Waals surface area contributed by atoms with Crippen molar-refractivity contribution in [1.82, 2.24) is 0 Å². The lowest BCUT2D eigenvalue weighted by Gasteiger charge is -2.13. The molecule has 0 unspecified atom stereocenters. The molecule has 0 spiro atoms. The monoisotopic (exact) mass is 376 g/mol. The zero-order chi connectivity index (χ0) is 19.4. The van der Waals surface area contributed by atoms with Crippen LogP contribution in [0.4, 0.5) is 17.1 Å². The number of hydrogen-bond donors (Lipinski definition) is 1. The summed E-state index contributed by atoms with van der Waals surface area (Å²) in [6, 6.07) is 5.33. The first-order chi connectivity index (χ1) is 12.3. The number of nitrogens with zero attached hydrogens (tertiary/aromatic N) is 3. The van der Waals surface area contributed by atoms with Gasteiger partial charge in [-0.1, -0.05) is 6.07 Å². The van der Waals surface area contributed by atoms with Crippen molar-refractivity contribution in [3.05, 3.63) is 72.3 Å². The molecule has 2 aromatic carbocycles. The van der Waals surface area contributed by atoms with E-state index < -0.39 is 15.5 Å². The average molecular weight is 377 g/mol. The Labute approximate surface area is 154 Å². The SMILES string of the molecule is Cc1cc(C)c(CCl)c(C)c1C=NNc1ccc([N+](=O)[O-])cc1[N+](=O)[O-]. The van der Waals surface area contributed by atoms with Crippen LogP contribution in [0.3, 0.4) is 0 Å². The van der Waals surface area contributed by atoms with Gasteiger partial charge in [0.25, 0.3) is 5.69 Å². The highest BCUT2D eigenvalue weighted by atomic mass is 35.5. The number of benzene rings is 2. The quantitative estimate of drug-likeness (QED) is 0.342. The Morgan fingerprint density at radius 1 is 1.12 bits per heavy atom. The molecule has 9 heteroatoms. The Morgan fingerprint density at radius 3 is 2.38 bits per heavy atom. The van der Waals surface area contributed by atoms with Crippen molar-refractivity contribution in [1.29, 1.82) is 0 Å². The molecule has 0 fully saturated rings. The summed E-state index contributed by atoms with van der Waals surface area (Å²) in [7, 11) is 0. The highest BCUT2D eigenvalue weighted by Gasteiger charge is 2.19. The van der Waals surface area contributed by atoms with Gasteiger partial charge in [-0.05, 0) is 49.1 Å². The molecule has 8 nitrogen and oxygen atoms in total. The Kier molecular flexibility index (Phi) is 5.89. The number of halogens is 1. The molecular formula is C17H17ClN4O4. The van der Waals surface area contributed by atoms with E-state index in [4.69, 9.17) is 11.6 Å². The second-order valence-electron chi connectivity index (χ2n) is 5.75. The third-order valence-corrected chi connectivity index (χ3v) is 4.36. The van der Waals surface area contributed by atoms with Crippen molar-refractivity contribution in [2.75, 3.05) is 5.43 Å². The van der Waals surface area contributed by atoms with Crippen molar-refractivity contribution in [3.63, 3.8) is 0 Å². The lowest BCUT2D eigenvalue weighted by atomic mass is 9.95. The van der Waals surface area contributed by atoms with Gasteiger partial charge in [0.1, 0.15) is 5.69 Å². The minimum absolute atomic E-state index is 0.0665. The molecule has 0 saturated carbocycles. The molecule has 2 rings (SSSR count). The number of rotatable bonds is 6. The van der Waals surface area contributed by atoms with Crippen LogP contribution in [0, 0.1) is 41.0 Å². The van der Waals surface area contributed by atoms with E-state index in [0.29, 0.717) is 5.88 Å². The fraction of sp³-hybridized carbons (Fsp3) is 0.235. The molecule has 136 valence electrons. The van der Waals surface area contributed by atoms with Crippen LogP contribution in [0.2, 0.25) is 0 Å². The molecule has 0 radical (unpaired) electrons. The number of hydrazone groups is 1. The summed E-state index contributed by atoms with van der Waals surface area (Å²) in [5.74, 6) is 0.375. The van der Waals surface area contributed by atoms with Gasteiger partial charge in [-0.25, -0.2) is 0 Å². The van der Waals surface area contributed by atoms with E-state index in [-0.39, 0.29) is 11.4 Å². The van der Waals surface area contributed by atoms with Gasteiger partial charge in [-0.3, -0.25) is 25.7 Å². The number of alkyl halides is 1. The van der Waals surface area contributed by atoms with Crippen LogP contribution in [0.25, 0.3) is 0 Å². The largest absolute Gasteiger partial charge is 0.301 e. The van der Waals surface area contributed by atoms with Gasteiger partial charge in [0.05, 0.1) is 22.1 Å². The normalized spacial score (nSPS) is 10.9. The van der Waals surface area contributed by atoms with Crippen LogP contribution >= 0.6 is 11.6 Å². The predicted octanol–water partition coefficient (Wildman–Crippen LogP) is 4.61. The average Bonchev–Trinajstić information content (AvgIpc) is 2.57. The van der Waals surface area contributed by atoms with Gasteiger partial charge < -0.3 is 0 Å². The lowest BCUT2D eigenvalue weighted by molar-refractivity contribution is -0.393. The molecular weight excluding hydrogens is 360 g/mol. The fourth-order valence-corrected chi connectivity index (χ4v) is 3.10. The molecule has 1 N–H and O–H groups in total. The van der Waals surface area contributed by atoms with Gasteiger partial charge in [0.2, 0.25) is 0 Å². The zero-order valence-electron chi connectivity index (χ0n) is 14.4. The Morgan fingerprint density at radius 2 is 1.81 bits per heavy atom. The van der Waals surface area contributed by atoms with Crippen molar-refractivity contribution >= 4 is 34.9 Å². The van der Waals surface area contributed by atoms with Crippen LogP contribution in [0.15, 0.2) is 29.4 Å². The van der Waals surface area contributed by atoms with E-state index in [1.54, 1.807) is 6.21 Å². The lowest BCUT2D eigenvalue weighted by Crippen LogP contribution is -2.02. The first-order valence-corrected chi connectivity index (χ1v) is 8.17. The van der Waals surface area contributed by atoms with Crippen molar-refractivity contribution in [2.24, 2.45) is 5.10 Å². The maximum atomic E-state index is 11.1. The highest BCUT2D eigenvalue weighted by Crippen LogP contribution is 2.29. The third-order valence-electron chi connectivity index (χ3n) is 4.09. The molecule has 0 amide bonds. The predicted molar refractivity (Wildman–Crippen MR) is 101 cm³/mol. The fourth-order valence-electron chi connectivity index (χ4n) is 2.69. The number of aryl methyl sites for hydroxylation is 2. The number of nitrogens with one attached hydrogen (secondary N) is 1. The summed E-state index contributed by atoms with van der Waals surface area (Å²) < 4.78 is 0. The molecule has 2 aromatic rings. The first kappa shape index (κ1) is 19.3. The smallest absolute Gasteiger partial charge is 0.272 e. The zero-order valence-corrected chi connectivity index (χ0v) is 15.2. The number of non-ortho nitro benzene ring substituents is 1. The van der Waals surface area contributed by atoms with Crippen LogP contribution < -0.4 is 5.43 Å². The van der Waals surface area contributed by atoms with Gasteiger partial charge in [-0.2, -0.15) is 5.10 Å². The minimum atomic E-state index is -0.696. The summed E-state index contributed by atoms with van der Waals surface area (Å²) in [6.45, 7) is 5.86. The van der Waals surface area contributed by atoms with E-state index in [0.717, 1.165) is 33.9 Å². The molecule has 26 heavy (non-hydrogen) atoms. The Bertz CT molecular complexity index is 912. The van der Waals surface area contributed by atoms with Crippen LogP contribution in [0.5, 0.6) is 0 Å². The molecule has 0 aliphatic heterocycles. The van der Waals surface area contributed by atoms with E-state index in [2.05, 4.69) is 10.5 Å². The van der Waals surface area contributed by atoms with Gasteiger partial charge >= 0.3 is 5.69 Å². The van der Waals surface area contributed by atoms with E-state index in [1.807, 2.05) is 26.8 Å². The van der Waals surface area contributed by atoms with Crippen LogP contribution in [0.1, 0.15) is 27.8 Å².